The highest BCUT2D eigenvalue weighted by Crippen LogP contribution is 2.16. The summed E-state index contributed by atoms with van der Waals surface area (Å²) in [7, 11) is 0.661. The smallest absolute Gasteiger partial charge is 0.134 e. The van der Waals surface area contributed by atoms with Gasteiger partial charge in [0.2, 0.25) is 0 Å². The monoisotopic (exact) mass is 203 g/mol. The molecule has 0 amide bonds. The zero-order chi connectivity index (χ0) is 9.52. The first-order valence-corrected chi connectivity index (χ1v) is 7.35. The molecule has 0 aromatic rings. The number of hydrogen-bond donors (Lipinski definition) is 0. The van der Waals surface area contributed by atoms with E-state index in [4.69, 9.17) is 4.74 Å². The van der Waals surface area contributed by atoms with Gasteiger partial charge in [0.15, 0.2) is 0 Å². The zero-order valence-corrected chi connectivity index (χ0v) is 9.87. The first kappa shape index (κ1) is 11.4. The van der Waals surface area contributed by atoms with E-state index in [2.05, 4.69) is 13.8 Å². The molecule has 1 rings (SSSR count). The van der Waals surface area contributed by atoms with Gasteiger partial charge in [-0.15, -0.1) is 0 Å². The lowest BCUT2D eigenvalue weighted by Crippen LogP contribution is -2.25. The second-order valence-corrected chi connectivity index (χ2v) is 6.20. The summed E-state index contributed by atoms with van der Waals surface area (Å²) in [6, 6.07) is 0. The van der Waals surface area contributed by atoms with Crippen molar-refractivity contribution in [2.24, 2.45) is 0 Å². The van der Waals surface area contributed by atoms with E-state index < -0.39 is 0 Å². The Morgan fingerprint density at radius 2 is 1.92 bits per heavy atom. The summed E-state index contributed by atoms with van der Waals surface area (Å²) in [6.07, 6.45) is 5.91. The highest BCUT2D eigenvalue weighted by Gasteiger charge is 2.25. The molecule has 1 fully saturated rings. The molecule has 0 aromatic carbocycles. The Bertz CT molecular complexity index is 115. The van der Waals surface area contributed by atoms with E-state index in [9.17, 15) is 0 Å². The van der Waals surface area contributed by atoms with Gasteiger partial charge in [-0.05, 0) is 36.6 Å². The van der Waals surface area contributed by atoms with Crippen molar-refractivity contribution in [2.75, 3.05) is 23.9 Å². The van der Waals surface area contributed by atoms with Crippen LogP contribution in [0.25, 0.3) is 0 Å². The highest BCUT2D eigenvalue weighted by atomic mass is 32.2. The van der Waals surface area contributed by atoms with Crippen LogP contribution in [0.1, 0.15) is 39.5 Å². The molecule has 0 aliphatic carbocycles. The summed E-state index contributed by atoms with van der Waals surface area (Å²) in [5.74, 6) is 4.20. The van der Waals surface area contributed by atoms with E-state index in [0.29, 0.717) is 17.0 Å². The molecule has 0 N–H and O–H groups in total. The predicted molar refractivity (Wildman–Crippen MR) is 61.5 cm³/mol. The third kappa shape index (κ3) is 4.37. The molecule has 0 spiro atoms. The van der Waals surface area contributed by atoms with E-state index in [1.54, 1.807) is 0 Å². The molecule has 2 heteroatoms. The van der Waals surface area contributed by atoms with Crippen molar-refractivity contribution in [3.05, 3.63) is 0 Å². The van der Waals surface area contributed by atoms with Crippen molar-refractivity contribution in [1.82, 2.24) is 0 Å². The summed E-state index contributed by atoms with van der Waals surface area (Å²) >= 11 is 0. The van der Waals surface area contributed by atoms with Gasteiger partial charge in [0.25, 0.3) is 0 Å². The third-order valence-corrected chi connectivity index (χ3v) is 5.25. The predicted octanol–water partition coefficient (Wildman–Crippen LogP) is 2.60. The van der Waals surface area contributed by atoms with Gasteiger partial charge in [0, 0.05) is 6.61 Å². The van der Waals surface area contributed by atoms with Gasteiger partial charge in [-0.2, -0.15) is 0 Å². The molecule has 13 heavy (non-hydrogen) atoms. The van der Waals surface area contributed by atoms with Crippen LogP contribution in [0, 0.1) is 0 Å². The molecule has 1 nitrogen and oxygen atoms in total. The Kier molecular flexibility index (Phi) is 5.88. The first-order valence-electron chi connectivity index (χ1n) is 5.62. The fourth-order valence-corrected chi connectivity index (χ4v) is 4.37. The second kappa shape index (κ2) is 6.72. The van der Waals surface area contributed by atoms with Crippen LogP contribution in [0.3, 0.4) is 0 Å². The molecule has 1 atom stereocenters. The molecule has 1 saturated heterocycles. The van der Waals surface area contributed by atoms with Crippen LogP contribution in [0.5, 0.6) is 0 Å². The standard InChI is InChI=1S/C11H23OS/c1-3-8-13(9-4-2)10-11-6-5-7-12-11/h11H,3-10H2,1-2H3/q+1. The summed E-state index contributed by atoms with van der Waals surface area (Å²) in [5.41, 5.74) is 0. The Hall–Kier alpha value is 0.310. The topological polar surface area (TPSA) is 9.23 Å². The Morgan fingerprint density at radius 3 is 2.38 bits per heavy atom. The molecule has 1 unspecified atom stereocenters. The van der Waals surface area contributed by atoms with Crippen molar-refractivity contribution in [3.63, 3.8) is 0 Å². The molecule has 1 aliphatic rings. The van der Waals surface area contributed by atoms with Crippen molar-refractivity contribution >= 4 is 10.9 Å². The second-order valence-electron chi connectivity index (χ2n) is 3.82. The molecule has 78 valence electrons. The highest BCUT2D eigenvalue weighted by molar-refractivity contribution is 7.96. The van der Waals surface area contributed by atoms with Crippen LogP contribution < -0.4 is 0 Å². The molecular weight excluding hydrogens is 180 g/mol. The largest absolute Gasteiger partial charge is 0.373 e. The summed E-state index contributed by atoms with van der Waals surface area (Å²) < 4.78 is 5.68. The molecule has 0 bridgehead atoms. The molecule has 0 radical (unpaired) electrons. The van der Waals surface area contributed by atoms with Gasteiger partial charge in [0.05, 0.1) is 0 Å². The average molecular weight is 203 g/mol. The SMILES string of the molecule is CCC[S+](CCC)CC1CCCO1. The first-order chi connectivity index (χ1) is 6.36. The van der Waals surface area contributed by atoms with Crippen molar-refractivity contribution in [2.45, 2.75) is 45.6 Å². The van der Waals surface area contributed by atoms with Gasteiger partial charge in [-0.3, -0.25) is 0 Å². The number of hydrogen-bond acceptors (Lipinski definition) is 1. The van der Waals surface area contributed by atoms with Crippen molar-refractivity contribution < 1.29 is 4.74 Å². The van der Waals surface area contributed by atoms with Crippen LogP contribution >= 0.6 is 0 Å². The Balaban J connectivity index is 2.19. The van der Waals surface area contributed by atoms with Gasteiger partial charge in [-0.1, -0.05) is 13.8 Å². The molecule has 0 aromatic heterocycles. The number of ether oxygens (including phenoxy) is 1. The average Bonchev–Trinajstić information content (AvgIpc) is 2.58. The maximum Gasteiger partial charge on any atom is 0.134 e. The van der Waals surface area contributed by atoms with Gasteiger partial charge >= 0.3 is 0 Å². The van der Waals surface area contributed by atoms with E-state index in [1.165, 1.54) is 42.9 Å². The zero-order valence-electron chi connectivity index (χ0n) is 9.05. The minimum atomic E-state index is 0.612. The van der Waals surface area contributed by atoms with E-state index in [-0.39, 0.29) is 0 Å². The lowest BCUT2D eigenvalue weighted by atomic mass is 10.3. The van der Waals surface area contributed by atoms with Crippen molar-refractivity contribution in [1.29, 1.82) is 0 Å². The van der Waals surface area contributed by atoms with Gasteiger partial charge in [-0.25, -0.2) is 0 Å². The fraction of sp³-hybridized carbons (Fsp3) is 1.00. The normalized spacial score (nSPS) is 22.8. The summed E-state index contributed by atoms with van der Waals surface area (Å²) in [6.45, 7) is 5.61. The third-order valence-electron chi connectivity index (χ3n) is 2.43. The Morgan fingerprint density at radius 1 is 1.23 bits per heavy atom. The van der Waals surface area contributed by atoms with Gasteiger partial charge < -0.3 is 4.74 Å². The maximum atomic E-state index is 5.68. The van der Waals surface area contributed by atoms with Crippen LogP contribution in [0.15, 0.2) is 0 Å². The molecule has 1 heterocycles. The minimum absolute atomic E-state index is 0.612. The quantitative estimate of drug-likeness (QED) is 0.603. The van der Waals surface area contributed by atoms with E-state index >= 15 is 0 Å². The number of rotatable bonds is 6. The van der Waals surface area contributed by atoms with E-state index in [0.717, 1.165) is 6.61 Å². The van der Waals surface area contributed by atoms with Crippen LogP contribution in [-0.4, -0.2) is 30.0 Å². The van der Waals surface area contributed by atoms with Gasteiger partial charge in [0.1, 0.15) is 23.4 Å². The molecular formula is C11H23OS+. The van der Waals surface area contributed by atoms with Crippen molar-refractivity contribution in [3.8, 4) is 0 Å². The van der Waals surface area contributed by atoms with Crippen LogP contribution in [-0.2, 0) is 15.6 Å². The lowest BCUT2D eigenvalue weighted by Gasteiger charge is -2.11. The van der Waals surface area contributed by atoms with E-state index in [1.807, 2.05) is 0 Å². The maximum absolute atomic E-state index is 5.68. The Labute approximate surface area is 85.6 Å². The van der Waals surface area contributed by atoms with Crippen LogP contribution in [0.2, 0.25) is 0 Å². The summed E-state index contributed by atoms with van der Waals surface area (Å²) in [5, 5.41) is 0. The minimum Gasteiger partial charge on any atom is -0.373 e. The fourth-order valence-electron chi connectivity index (χ4n) is 1.88. The molecule has 1 aliphatic heterocycles. The molecule has 0 saturated carbocycles. The van der Waals surface area contributed by atoms with Crippen LogP contribution in [0.4, 0.5) is 0 Å². The summed E-state index contributed by atoms with van der Waals surface area (Å²) in [4.78, 5) is 0. The lowest BCUT2D eigenvalue weighted by molar-refractivity contribution is 0.128.